The highest BCUT2D eigenvalue weighted by Gasteiger charge is 2.24. The first kappa shape index (κ1) is 20.2. The standard InChI is InChI=1S/C22H21IN2O3S/c1-29(27,28)25(22-13-7-4-10-19(22)23)15-16(26)14-24-20-11-5-2-8-17(20)18-9-3-6-12-21(18)24/h2-13,16,26H,14-15H2,1H3/t16-/m1/s1. The molecule has 0 spiro atoms. The van der Waals surface area contributed by atoms with Crippen LogP contribution in [0.5, 0.6) is 0 Å². The smallest absolute Gasteiger partial charge is 0.232 e. The minimum Gasteiger partial charge on any atom is -0.389 e. The van der Waals surface area contributed by atoms with Crippen molar-refractivity contribution >= 4 is 60.1 Å². The molecule has 150 valence electrons. The van der Waals surface area contributed by atoms with E-state index in [1.54, 1.807) is 12.1 Å². The quantitative estimate of drug-likeness (QED) is 0.388. The number of nitrogens with zero attached hydrogens (tertiary/aromatic N) is 2. The van der Waals surface area contributed by atoms with Gasteiger partial charge in [-0.2, -0.15) is 0 Å². The summed E-state index contributed by atoms with van der Waals surface area (Å²) >= 11 is 2.11. The van der Waals surface area contributed by atoms with E-state index in [9.17, 15) is 13.5 Å². The lowest BCUT2D eigenvalue weighted by molar-refractivity contribution is 0.166. The Kier molecular flexibility index (Phi) is 5.54. The molecule has 0 aliphatic heterocycles. The van der Waals surface area contributed by atoms with Crippen LogP contribution in [-0.4, -0.2) is 37.0 Å². The maximum Gasteiger partial charge on any atom is 0.232 e. The van der Waals surface area contributed by atoms with Crippen LogP contribution >= 0.6 is 22.6 Å². The number of rotatable bonds is 6. The fourth-order valence-corrected chi connectivity index (χ4v) is 5.53. The number of para-hydroxylation sites is 3. The van der Waals surface area contributed by atoms with E-state index in [-0.39, 0.29) is 6.54 Å². The molecule has 0 fully saturated rings. The highest BCUT2D eigenvalue weighted by molar-refractivity contribution is 14.1. The summed E-state index contributed by atoms with van der Waals surface area (Å²) in [5.41, 5.74) is 2.62. The molecule has 1 heterocycles. The molecule has 0 unspecified atom stereocenters. The zero-order valence-electron chi connectivity index (χ0n) is 15.9. The predicted octanol–water partition coefficient (Wildman–Crippen LogP) is 4.23. The summed E-state index contributed by atoms with van der Waals surface area (Å²) in [4.78, 5) is 0. The van der Waals surface area contributed by atoms with E-state index in [0.717, 1.165) is 25.4 Å². The van der Waals surface area contributed by atoms with Gasteiger partial charge < -0.3 is 9.67 Å². The number of aromatic nitrogens is 1. The van der Waals surface area contributed by atoms with Crippen molar-refractivity contribution in [2.24, 2.45) is 0 Å². The van der Waals surface area contributed by atoms with Crippen LogP contribution in [0, 0.1) is 3.57 Å². The van der Waals surface area contributed by atoms with Crippen molar-refractivity contribution in [3.63, 3.8) is 0 Å². The molecular formula is C22H21IN2O3S. The molecule has 0 aliphatic rings. The minimum atomic E-state index is -3.54. The number of aliphatic hydroxyl groups is 1. The van der Waals surface area contributed by atoms with Crippen LogP contribution < -0.4 is 4.31 Å². The zero-order chi connectivity index (χ0) is 20.6. The van der Waals surface area contributed by atoms with E-state index in [4.69, 9.17) is 0 Å². The number of hydrogen-bond acceptors (Lipinski definition) is 3. The number of hydrogen-bond donors (Lipinski definition) is 1. The van der Waals surface area contributed by atoms with Crippen molar-refractivity contribution in [2.45, 2.75) is 12.6 Å². The SMILES string of the molecule is CS(=O)(=O)N(C[C@H](O)Cn1c2ccccc2c2ccccc21)c1ccccc1I. The van der Waals surface area contributed by atoms with Gasteiger partial charge >= 0.3 is 0 Å². The van der Waals surface area contributed by atoms with Gasteiger partial charge in [0.15, 0.2) is 0 Å². The molecule has 29 heavy (non-hydrogen) atoms. The number of fused-ring (bicyclic) bond motifs is 3. The summed E-state index contributed by atoms with van der Waals surface area (Å²) in [5, 5.41) is 13.1. The zero-order valence-corrected chi connectivity index (χ0v) is 18.8. The van der Waals surface area contributed by atoms with Crippen LogP contribution in [-0.2, 0) is 16.6 Å². The first-order chi connectivity index (χ1) is 13.9. The Morgan fingerprint density at radius 3 is 2.00 bits per heavy atom. The van der Waals surface area contributed by atoms with E-state index >= 15 is 0 Å². The molecule has 1 atom stereocenters. The second kappa shape index (κ2) is 7.97. The molecule has 4 rings (SSSR count). The highest BCUT2D eigenvalue weighted by Crippen LogP contribution is 2.29. The molecule has 0 saturated carbocycles. The van der Waals surface area contributed by atoms with Crippen LogP contribution in [0.15, 0.2) is 72.8 Å². The normalized spacial score (nSPS) is 13.1. The van der Waals surface area contributed by atoms with E-state index < -0.39 is 16.1 Å². The number of anilines is 1. The number of halogens is 1. The number of benzene rings is 3. The molecule has 5 nitrogen and oxygen atoms in total. The van der Waals surface area contributed by atoms with E-state index in [2.05, 4.69) is 39.3 Å². The fourth-order valence-electron chi connectivity index (χ4n) is 3.73. The molecule has 0 amide bonds. The van der Waals surface area contributed by atoms with Gasteiger partial charge in [-0.05, 0) is 46.9 Å². The third-order valence-electron chi connectivity index (χ3n) is 4.97. The van der Waals surface area contributed by atoms with Crippen molar-refractivity contribution in [1.29, 1.82) is 0 Å². The predicted molar refractivity (Wildman–Crippen MR) is 127 cm³/mol. The van der Waals surface area contributed by atoms with Crippen LogP contribution in [0.25, 0.3) is 21.8 Å². The molecule has 0 aliphatic carbocycles. The Bertz CT molecular complexity index is 1230. The van der Waals surface area contributed by atoms with Gasteiger partial charge in [-0.25, -0.2) is 8.42 Å². The van der Waals surface area contributed by atoms with Gasteiger partial charge in [0.25, 0.3) is 0 Å². The van der Waals surface area contributed by atoms with Crippen LogP contribution in [0.4, 0.5) is 5.69 Å². The van der Waals surface area contributed by atoms with Crippen molar-refractivity contribution < 1.29 is 13.5 Å². The van der Waals surface area contributed by atoms with Gasteiger partial charge in [0.1, 0.15) is 0 Å². The van der Waals surface area contributed by atoms with Crippen LogP contribution in [0.2, 0.25) is 0 Å². The second-order valence-corrected chi connectivity index (χ2v) is 10.1. The minimum absolute atomic E-state index is 0.0142. The van der Waals surface area contributed by atoms with Crippen LogP contribution in [0.1, 0.15) is 0 Å². The summed E-state index contributed by atoms with van der Waals surface area (Å²) in [7, 11) is -3.54. The largest absolute Gasteiger partial charge is 0.389 e. The summed E-state index contributed by atoms with van der Waals surface area (Å²) in [6.07, 6.45) is 0.295. The topological polar surface area (TPSA) is 62.5 Å². The number of aliphatic hydroxyl groups excluding tert-OH is 1. The maximum atomic E-state index is 12.5. The summed E-state index contributed by atoms with van der Waals surface area (Å²) in [5.74, 6) is 0. The van der Waals surface area contributed by atoms with Crippen LogP contribution in [0.3, 0.4) is 0 Å². The lowest BCUT2D eigenvalue weighted by Crippen LogP contribution is -2.39. The monoisotopic (exact) mass is 520 g/mol. The van der Waals surface area contributed by atoms with Crippen molar-refractivity contribution in [3.8, 4) is 0 Å². The van der Waals surface area contributed by atoms with Crippen molar-refractivity contribution in [1.82, 2.24) is 4.57 Å². The molecule has 0 saturated heterocycles. The van der Waals surface area contributed by atoms with Gasteiger partial charge in [-0.3, -0.25) is 4.31 Å². The molecule has 4 aromatic rings. The van der Waals surface area contributed by atoms with E-state index in [1.165, 1.54) is 10.6 Å². The molecule has 0 bridgehead atoms. The Morgan fingerprint density at radius 2 is 1.45 bits per heavy atom. The number of sulfonamides is 1. The fraction of sp³-hybridized carbons (Fsp3) is 0.182. The van der Waals surface area contributed by atoms with Gasteiger partial charge in [0.05, 0.1) is 31.1 Å². The molecule has 1 N–H and O–H groups in total. The third-order valence-corrected chi connectivity index (χ3v) is 7.03. The van der Waals surface area contributed by atoms with Gasteiger partial charge in [-0.1, -0.05) is 48.5 Å². The average molecular weight is 520 g/mol. The first-order valence-corrected chi connectivity index (χ1v) is 12.2. The Hall–Kier alpha value is -2.10. The lowest BCUT2D eigenvalue weighted by Gasteiger charge is -2.26. The highest BCUT2D eigenvalue weighted by atomic mass is 127. The average Bonchev–Trinajstić information content (AvgIpc) is 3.00. The second-order valence-electron chi connectivity index (χ2n) is 7.04. The summed E-state index contributed by atoms with van der Waals surface area (Å²) in [6.45, 7) is 0.281. The summed E-state index contributed by atoms with van der Waals surface area (Å²) in [6, 6.07) is 23.4. The first-order valence-electron chi connectivity index (χ1n) is 9.22. The van der Waals surface area contributed by atoms with Gasteiger partial charge in [0, 0.05) is 25.4 Å². The van der Waals surface area contributed by atoms with Gasteiger partial charge in [-0.15, -0.1) is 0 Å². The summed E-state index contributed by atoms with van der Waals surface area (Å²) < 4.78 is 29.1. The molecule has 7 heteroatoms. The van der Waals surface area contributed by atoms with E-state index in [1.807, 2.05) is 48.5 Å². The van der Waals surface area contributed by atoms with Gasteiger partial charge in [0.2, 0.25) is 10.0 Å². The maximum absolute atomic E-state index is 12.5. The molecular weight excluding hydrogens is 499 g/mol. The molecule has 3 aromatic carbocycles. The Balaban J connectivity index is 1.70. The molecule has 1 aromatic heterocycles. The van der Waals surface area contributed by atoms with E-state index in [0.29, 0.717) is 12.2 Å². The Labute approximate surface area is 183 Å². The van der Waals surface area contributed by atoms with Crippen molar-refractivity contribution in [3.05, 3.63) is 76.4 Å². The molecule has 0 radical (unpaired) electrons. The lowest BCUT2D eigenvalue weighted by atomic mass is 10.2. The third kappa shape index (κ3) is 3.99. The van der Waals surface area contributed by atoms with Crippen molar-refractivity contribution in [2.75, 3.05) is 17.1 Å². The Morgan fingerprint density at radius 1 is 0.931 bits per heavy atom.